The molecule has 0 aromatic heterocycles. The summed E-state index contributed by atoms with van der Waals surface area (Å²) in [4.78, 5) is 37.7. The highest BCUT2D eigenvalue weighted by atomic mass is 35.5. The number of benzene rings is 4. The van der Waals surface area contributed by atoms with Crippen molar-refractivity contribution in [2.75, 3.05) is 5.32 Å². The molecule has 0 fully saturated rings. The Kier molecular flexibility index (Phi) is 8.79. The number of anilines is 1. The van der Waals surface area contributed by atoms with E-state index < -0.39 is 23.8 Å². The van der Waals surface area contributed by atoms with E-state index in [9.17, 15) is 19.5 Å². The van der Waals surface area contributed by atoms with Gasteiger partial charge in [-0.15, -0.1) is 0 Å². The number of carbonyl (C=O) groups is 3. The molecule has 38 heavy (non-hydrogen) atoms. The molecule has 192 valence electrons. The van der Waals surface area contributed by atoms with E-state index in [-0.39, 0.29) is 22.0 Å². The van der Waals surface area contributed by atoms with Gasteiger partial charge in [0.15, 0.2) is 0 Å². The average molecular weight is 547 g/mol. The molecule has 0 aliphatic heterocycles. The van der Waals surface area contributed by atoms with Crippen molar-refractivity contribution >= 4 is 46.7 Å². The SMILES string of the molecule is O=C(N[C@@H](Cc1ccc(NC(=O)c2c(Cl)cccc2Cl)cc1)C(=O)O)c1ccccc1Cc1ccccc1. The van der Waals surface area contributed by atoms with Gasteiger partial charge in [0.1, 0.15) is 6.04 Å². The molecule has 6 nitrogen and oxygen atoms in total. The standard InChI is InChI=1S/C30H24Cl2N2O4/c31-24-11-6-12-25(32)27(24)29(36)33-22-15-13-20(14-16-22)18-26(30(37)38)34-28(35)23-10-5-4-9-21(23)17-19-7-2-1-3-8-19/h1-16,26H,17-18H2,(H,33,36)(H,34,35)(H,37,38)/t26-/m0/s1. The van der Waals surface area contributed by atoms with Gasteiger partial charge in [-0.3, -0.25) is 9.59 Å². The number of aliphatic carboxylic acids is 1. The zero-order valence-electron chi connectivity index (χ0n) is 20.2. The monoisotopic (exact) mass is 546 g/mol. The number of carboxylic acid groups (broad SMARTS) is 1. The van der Waals surface area contributed by atoms with Gasteiger partial charge in [-0.1, -0.05) is 89.9 Å². The molecule has 0 spiro atoms. The smallest absolute Gasteiger partial charge is 0.326 e. The summed E-state index contributed by atoms with van der Waals surface area (Å²) < 4.78 is 0. The third-order valence-corrected chi connectivity index (χ3v) is 6.57. The number of hydrogen-bond donors (Lipinski definition) is 3. The first-order valence-electron chi connectivity index (χ1n) is 11.8. The minimum Gasteiger partial charge on any atom is -0.480 e. The van der Waals surface area contributed by atoms with Gasteiger partial charge in [-0.05, 0) is 53.4 Å². The fourth-order valence-electron chi connectivity index (χ4n) is 4.02. The molecule has 4 aromatic rings. The number of rotatable bonds is 9. The van der Waals surface area contributed by atoms with E-state index in [1.165, 1.54) is 0 Å². The third-order valence-electron chi connectivity index (χ3n) is 5.94. The Morgan fingerprint density at radius 1 is 0.711 bits per heavy atom. The van der Waals surface area contributed by atoms with Gasteiger partial charge in [0.25, 0.3) is 11.8 Å². The molecule has 0 aliphatic carbocycles. The molecule has 1 atom stereocenters. The number of amides is 2. The molecule has 4 aromatic carbocycles. The maximum atomic E-state index is 13.1. The Labute approximate surface area is 230 Å². The van der Waals surface area contributed by atoms with E-state index >= 15 is 0 Å². The molecular formula is C30H24Cl2N2O4. The second kappa shape index (κ2) is 12.4. The van der Waals surface area contributed by atoms with Gasteiger partial charge >= 0.3 is 5.97 Å². The maximum absolute atomic E-state index is 13.1. The highest BCUT2D eigenvalue weighted by Gasteiger charge is 2.23. The fourth-order valence-corrected chi connectivity index (χ4v) is 4.59. The first-order chi connectivity index (χ1) is 18.3. The van der Waals surface area contributed by atoms with Crippen LogP contribution in [0.1, 0.15) is 37.4 Å². The lowest BCUT2D eigenvalue weighted by Gasteiger charge is -2.17. The number of nitrogens with one attached hydrogen (secondary N) is 2. The van der Waals surface area contributed by atoms with Crippen LogP contribution in [0, 0.1) is 0 Å². The molecule has 0 saturated carbocycles. The largest absolute Gasteiger partial charge is 0.480 e. The van der Waals surface area contributed by atoms with Crippen molar-refractivity contribution < 1.29 is 19.5 Å². The lowest BCUT2D eigenvalue weighted by Crippen LogP contribution is -2.42. The summed E-state index contributed by atoms with van der Waals surface area (Å²) in [5.41, 5.74) is 3.61. The van der Waals surface area contributed by atoms with E-state index in [0.717, 1.165) is 11.1 Å². The molecular weight excluding hydrogens is 523 g/mol. The normalized spacial score (nSPS) is 11.4. The van der Waals surface area contributed by atoms with Crippen molar-refractivity contribution in [1.29, 1.82) is 0 Å². The molecule has 2 amide bonds. The van der Waals surface area contributed by atoms with Crippen LogP contribution in [0.5, 0.6) is 0 Å². The van der Waals surface area contributed by atoms with E-state index in [1.807, 2.05) is 42.5 Å². The Balaban J connectivity index is 1.43. The number of halogens is 2. The summed E-state index contributed by atoms with van der Waals surface area (Å²) in [6.45, 7) is 0. The highest BCUT2D eigenvalue weighted by Crippen LogP contribution is 2.25. The van der Waals surface area contributed by atoms with Crippen LogP contribution >= 0.6 is 23.2 Å². The van der Waals surface area contributed by atoms with Crippen molar-refractivity contribution in [1.82, 2.24) is 5.32 Å². The molecule has 0 unspecified atom stereocenters. The fraction of sp³-hybridized carbons (Fsp3) is 0.100. The molecule has 4 rings (SSSR count). The van der Waals surface area contributed by atoms with Crippen LogP contribution in [0.15, 0.2) is 97.1 Å². The summed E-state index contributed by atoms with van der Waals surface area (Å²) in [5.74, 6) is -2.06. The predicted molar refractivity (Wildman–Crippen MR) is 149 cm³/mol. The number of carboxylic acids is 1. The number of carbonyl (C=O) groups excluding carboxylic acids is 2. The quantitative estimate of drug-likeness (QED) is 0.231. The van der Waals surface area contributed by atoms with Crippen LogP contribution in [-0.2, 0) is 17.6 Å². The maximum Gasteiger partial charge on any atom is 0.326 e. The van der Waals surface area contributed by atoms with Gasteiger partial charge in [0.2, 0.25) is 0 Å². The van der Waals surface area contributed by atoms with Crippen molar-refractivity contribution in [3.05, 3.63) is 135 Å². The van der Waals surface area contributed by atoms with Crippen molar-refractivity contribution in [2.45, 2.75) is 18.9 Å². The second-order valence-electron chi connectivity index (χ2n) is 8.64. The highest BCUT2D eigenvalue weighted by molar-refractivity contribution is 6.40. The Morgan fingerprint density at radius 2 is 1.34 bits per heavy atom. The zero-order valence-corrected chi connectivity index (χ0v) is 21.7. The van der Waals surface area contributed by atoms with E-state index in [2.05, 4.69) is 10.6 Å². The predicted octanol–water partition coefficient (Wildman–Crippen LogP) is 6.26. The van der Waals surface area contributed by atoms with Gasteiger partial charge < -0.3 is 15.7 Å². The molecule has 0 saturated heterocycles. The van der Waals surface area contributed by atoms with Crippen LogP contribution in [-0.4, -0.2) is 28.9 Å². The third kappa shape index (κ3) is 6.79. The molecule has 0 bridgehead atoms. The van der Waals surface area contributed by atoms with E-state index in [4.69, 9.17) is 23.2 Å². The average Bonchev–Trinajstić information content (AvgIpc) is 2.90. The second-order valence-corrected chi connectivity index (χ2v) is 9.45. The first kappa shape index (κ1) is 26.9. The van der Waals surface area contributed by atoms with Gasteiger partial charge in [0, 0.05) is 17.7 Å². The minimum absolute atomic E-state index is 0.0620. The zero-order chi connectivity index (χ0) is 27.1. The molecule has 8 heteroatoms. The number of hydrogen-bond acceptors (Lipinski definition) is 3. The first-order valence-corrected chi connectivity index (χ1v) is 12.6. The Hall–Kier alpha value is -4.13. The van der Waals surface area contributed by atoms with Gasteiger partial charge in [-0.2, -0.15) is 0 Å². The Morgan fingerprint density at radius 3 is 2.00 bits per heavy atom. The molecule has 0 aliphatic rings. The summed E-state index contributed by atoms with van der Waals surface area (Å²) in [5, 5.41) is 15.6. The molecule has 0 heterocycles. The molecule has 3 N–H and O–H groups in total. The van der Waals surface area contributed by atoms with Crippen molar-refractivity contribution in [3.8, 4) is 0 Å². The van der Waals surface area contributed by atoms with Crippen LogP contribution < -0.4 is 10.6 Å². The summed E-state index contributed by atoms with van der Waals surface area (Å²) in [6.07, 6.45) is 0.612. The van der Waals surface area contributed by atoms with E-state index in [1.54, 1.807) is 54.6 Å². The summed E-state index contributed by atoms with van der Waals surface area (Å²) in [7, 11) is 0. The van der Waals surface area contributed by atoms with Crippen LogP contribution in [0.3, 0.4) is 0 Å². The topological polar surface area (TPSA) is 95.5 Å². The van der Waals surface area contributed by atoms with Crippen LogP contribution in [0.2, 0.25) is 10.0 Å². The van der Waals surface area contributed by atoms with Crippen molar-refractivity contribution in [3.63, 3.8) is 0 Å². The van der Waals surface area contributed by atoms with Crippen molar-refractivity contribution in [2.24, 2.45) is 0 Å². The summed E-state index contributed by atoms with van der Waals surface area (Å²) >= 11 is 12.2. The summed E-state index contributed by atoms with van der Waals surface area (Å²) in [6, 6.07) is 27.2. The minimum atomic E-state index is -1.15. The van der Waals surface area contributed by atoms with Crippen LogP contribution in [0.25, 0.3) is 0 Å². The van der Waals surface area contributed by atoms with Crippen LogP contribution in [0.4, 0.5) is 5.69 Å². The van der Waals surface area contributed by atoms with Gasteiger partial charge in [0.05, 0.1) is 15.6 Å². The lowest BCUT2D eigenvalue weighted by molar-refractivity contribution is -0.139. The lowest BCUT2D eigenvalue weighted by atomic mass is 9.98. The van der Waals surface area contributed by atoms with Gasteiger partial charge in [-0.25, -0.2) is 4.79 Å². The van der Waals surface area contributed by atoms with E-state index in [0.29, 0.717) is 23.2 Å². The molecule has 0 radical (unpaired) electrons. The Bertz CT molecular complexity index is 1440.